The molecule has 0 bridgehead atoms. The molecule has 1 N–H and O–H groups in total. The Morgan fingerprint density at radius 3 is 2.17 bits per heavy atom. The van der Waals surface area contributed by atoms with Gasteiger partial charge in [-0.15, -0.1) is 0 Å². The zero-order valence-electron chi connectivity index (χ0n) is 29.0. The molecule has 2 aromatic heterocycles. The Morgan fingerprint density at radius 2 is 1.58 bits per heavy atom. The highest BCUT2D eigenvalue weighted by Crippen LogP contribution is 2.33. The van der Waals surface area contributed by atoms with Gasteiger partial charge in [-0.2, -0.15) is 0 Å². The lowest BCUT2D eigenvalue weighted by Crippen LogP contribution is -2.33. The van der Waals surface area contributed by atoms with E-state index < -0.39 is 38.5 Å². The van der Waals surface area contributed by atoms with Crippen LogP contribution in [0.25, 0.3) is 34.0 Å². The average Bonchev–Trinajstić information content (AvgIpc) is 3.45. The predicted molar refractivity (Wildman–Crippen MR) is 183 cm³/mol. The number of anilines is 1. The molecule has 0 fully saturated rings. The summed E-state index contributed by atoms with van der Waals surface area (Å²) in [5.74, 6) is 0.324. The molecular weight excluding hydrogens is 634 g/mol. The first-order valence-electron chi connectivity index (χ1n) is 15.5. The predicted octanol–water partition coefficient (Wildman–Crippen LogP) is 7.67. The van der Waals surface area contributed by atoms with Crippen LogP contribution in [0.5, 0.6) is 0 Å². The Bertz CT molecular complexity index is 1900. The number of sulfone groups is 1. The van der Waals surface area contributed by atoms with Crippen molar-refractivity contribution in [1.82, 2.24) is 20.0 Å². The van der Waals surface area contributed by atoms with Crippen LogP contribution in [0.3, 0.4) is 0 Å². The van der Waals surface area contributed by atoms with Crippen molar-refractivity contribution in [3.05, 3.63) is 65.9 Å². The van der Waals surface area contributed by atoms with Crippen LogP contribution in [-0.2, 0) is 25.9 Å². The summed E-state index contributed by atoms with van der Waals surface area (Å²) in [5.41, 5.74) is 3.00. The van der Waals surface area contributed by atoms with E-state index in [1.807, 2.05) is 45.9 Å². The molecule has 4 rings (SSSR count). The van der Waals surface area contributed by atoms with Gasteiger partial charge < -0.3 is 18.9 Å². The Morgan fingerprint density at radius 1 is 0.938 bits per heavy atom. The van der Waals surface area contributed by atoms with Gasteiger partial charge in [-0.3, -0.25) is 5.32 Å². The van der Waals surface area contributed by atoms with E-state index in [1.54, 1.807) is 59.9 Å². The average molecular weight is 678 g/mol. The van der Waals surface area contributed by atoms with Crippen molar-refractivity contribution in [2.45, 2.75) is 90.2 Å². The number of nitrogens with zero attached hydrogens (tertiary/aromatic N) is 4. The summed E-state index contributed by atoms with van der Waals surface area (Å²) in [6.07, 6.45) is 0.328. The number of nitrogens with one attached hydrogen (secondary N) is 1. The van der Waals surface area contributed by atoms with E-state index in [4.69, 9.17) is 19.0 Å². The number of ether oxygens (including phenoxy) is 2. The Labute approximate surface area is 281 Å². The van der Waals surface area contributed by atoms with Gasteiger partial charge in [0, 0.05) is 30.8 Å². The van der Waals surface area contributed by atoms with Crippen molar-refractivity contribution >= 4 is 27.8 Å². The second-order valence-corrected chi connectivity index (χ2v) is 16.3. The maximum absolute atomic E-state index is 12.7. The van der Waals surface area contributed by atoms with Gasteiger partial charge in [-0.05, 0) is 85.6 Å². The molecule has 0 aliphatic heterocycles. The van der Waals surface area contributed by atoms with Gasteiger partial charge in [-0.1, -0.05) is 35.5 Å². The normalized spacial score (nSPS) is 12.1. The van der Waals surface area contributed by atoms with Crippen LogP contribution in [0.1, 0.15) is 66.5 Å². The molecule has 0 spiro atoms. The maximum Gasteiger partial charge on any atom is 0.413 e. The zero-order valence-corrected chi connectivity index (χ0v) is 29.9. The smallest absolute Gasteiger partial charge is 0.413 e. The molecule has 0 aliphatic rings. The summed E-state index contributed by atoms with van der Waals surface area (Å²) < 4.78 is 41.9. The minimum absolute atomic E-state index is 0.0898. The third-order valence-electron chi connectivity index (χ3n) is 6.93. The molecule has 0 saturated heterocycles. The van der Waals surface area contributed by atoms with E-state index in [9.17, 15) is 18.0 Å². The lowest BCUT2D eigenvalue weighted by molar-refractivity contribution is 0.0284. The number of carbonyl (C=O) groups excluding carboxylic acids is 2. The molecule has 2 amide bonds. The Hall–Kier alpha value is -4.78. The first kappa shape index (κ1) is 36.1. The standard InChI is InChI=1S/C35H43N5O7S/c1-21(2)48(43,44)25-14-12-24(13-15-25)28-19-36-31(38-32(41)45-34(4,5)6)30(37-28)29-18-27(39-47-29)26-16-11-23(17-22(26)3)20-40(10)33(42)46-35(7,8)9/h11-19,21H,20H2,1-10H3,(H,36,38,41). The zero-order chi connectivity index (χ0) is 35.6. The number of rotatable bonds is 8. The van der Waals surface area contributed by atoms with Crippen LogP contribution in [0.2, 0.25) is 0 Å². The lowest BCUT2D eigenvalue weighted by Gasteiger charge is -2.24. The van der Waals surface area contributed by atoms with Crippen molar-refractivity contribution in [3.8, 4) is 34.0 Å². The fraction of sp³-hybridized carbons (Fsp3) is 0.400. The SMILES string of the molecule is Cc1cc(CN(C)C(=O)OC(C)(C)C)ccc1-c1cc(-c2nc(-c3ccc(S(=O)(=O)C(C)C)cc3)cnc2NC(=O)OC(C)(C)C)on1. The Kier molecular flexibility index (Phi) is 10.3. The van der Waals surface area contributed by atoms with Gasteiger partial charge in [0.1, 0.15) is 16.9 Å². The fourth-order valence-corrected chi connectivity index (χ4v) is 5.64. The molecular formula is C35H43N5O7S. The minimum atomic E-state index is -3.45. The molecule has 256 valence electrons. The number of hydrogen-bond acceptors (Lipinski definition) is 10. The van der Waals surface area contributed by atoms with E-state index in [0.29, 0.717) is 23.5 Å². The summed E-state index contributed by atoms with van der Waals surface area (Å²) in [6.45, 7) is 16.2. The van der Waals surface area contributed by atoms with Crippen molar-refractivity contribution in [3.63, 3.8) is 0 Å². The van der Waals surface area contributed by atoms with Crippen molar-refractivity contribution in [2.24, 2.45) is 0 Å². The maximum atomic E-state index is 12.7. The van der Waals surface area contributed by atoms with Gasteiger partial charge in [0.2, 0.25) is 0 Å². The monoisotopic (exact) mass is 677 g/mol. The van der Waals surface area contributed by atoms with Crippen LogP contribution < -0.4 is 5.32 Å². The quantitative estimate of drug-likeness (QED) is 0.196. The number of aromatic nitrogens is 3. The van der Waals surface area contributed by atoms with Gasteiger partial charge >= 0.3 is 12.2 Å². The van der Waals surface area contributed by atoms with E-state index in [1.165, 1.54) is 23.2 Å². The lowest BCUT2D eigenvalue weighted by atomic mass is 10.0. The molecule has 0 saturated carbocycles. The third-order valence-corrected chi connectivity index (χ3v) is 9.10. The molecule has 0 unspecified atom stereocenters. The molecule has 12 nitrogen and oxygen atoms in total. The number of carbonyl (C=O) groups is 2. The molecule has 13 heteroatoms. The summed E-state index contributed by atoms with van der Waals surface area (Å²) in [4.78, 5) is 36.1. The van der Waals surface area contributed by atoms with Gasteiger partial charge in [-0.25, -0.2) is 28.0 Å². The van der Waals surface area contributed by atoms with Gasteiger partial charge in [0.25, 0.3) is 0 Å². The second kappa shape index (κ2) is 13.8. The van der Waals surface area contributed by atoms with E-state index in [-0.39, 0.29) is 22.2 Å². The van der Waals surface area contributed by atoms with Crippen molar-refractivity contribution in [2.75, 3.05) is 12.4 Å². The number of amides is 2. The largest absolute Gasteiger partial charge is 0.444 e. The number of benzene rings is 2. The summed E-state index contributed by atoms with van der Waals surface area (Å²) in [6, 6.07) is 13.8. The molecule has 48 heavy (non-hydrogen) atoms. The van der Waals surface area contributed by atoms with E-state index in [0.717, 1.165) is 16.7 Å². The minimum Gasteiger partial charge on any atom is -0.444 e. The first-order chi connectivity index (χ1) is 22.2. The molecule has 0 aliphatic carbocycles. The summed E-state index contributed by atoms with van der Waals surface area (Å²) in [5, 5.41) is 6.37. The highest BCUT2D eigenvalue weighted by atomic mass is 32.2. The highest BCUT2D eigenvalue weighted by Gasteiger charge is 2.24. The number of aryl methyl sites for hydroxylation is 1. The van der Waals surface area contributed by atoms with Crippen molar-refractivity contribution < 1.29 is 32.0 Å². The fourth-order valence-electron chi connectivity index (χ4n) is 4.58. The molecule has 0 atom stereocenters. The van der Waals surface area contributed by atoms with Gasteiger partial charge in [0.05, 0.1) is 22.0 Å². The van der Waals surface area contributed by atoms with Gasteiger partial charge in [0.15, 0.2) is 27.1 Å². The summed E-state index contributed by atoms with van der Waals surface area (Å²) >= 11 is 0. The van der Waals surface area contributed by atoms with Crippen LogP contribution in [0.15, 0.2) is 64.1 Å². The molecule has 2 aromatic carbocycles. The molecule has 0 radical (unpaired) electrons. The summed E-state index contributed by atoms with van der Waals surface area (Å²) in [7, 11) is -1.77. The molecule has 4 aromatic rings. The third kappa shape index (κ3) is 8.97. The van der Waals surface area contributed by atoms with Crippen LogP contribution in [-0.4, -0.2) is 64.1 Å². The van der Waals surface area contributed by atoms with Crippen LogP contribution in [0, 0.1) is 6.92 Å². The van der Waals surface area contributed by atoms with Crippen molar-refractivity contribution in [1.29, 1.82) is 0 Å². The topological polar surface area (TPSA) is 154 Å². The first-order valence-corrected chi connectivity index (χ1v) is 17.0. The second-order valence-electron chi connectivity index (χ2n) is 13.8. The molecule has 2 heterocycles. The Balaban J connectivity index is 1.67. The van der Waals surface area contributed by atoms with Crippen LogP contribution in [0.4, 0.5) is 15.4 Å². The highest BCUT2D eigenvalue weighted by molar-refractivity contribution is 7.92. The van der Waals surface area contributed by atoms with E-state index in [2.05, 4.69) is 15.5 Å². The van der Waals surface area contributed by atoms with Crippen LogP contribution >= 0.6 is 0 Å². The number of hydrogen-bond donors (Lipinski definition) is 1. The van der Waals surface area contributed by atoms with E-state index >= 15 is 0 Å².